The van der Waals surface area contributed by atoms with Gasteiger partial charge in [0.1, 0.15) is 36.6 Å². The van der Waals surface area contributed by atoms with Crippen LogP contribution in [0.3, 0.4) is 0 Å². The fourth-order valence-electron chi connectivity index (χ4n) is 10.2. The lowest BCUT2D eigenvalue weighted by atomic mass is 9.98. The van der Waals surface area contributed by atoms with Crippen molar-refractivity contribution in [3.8, 4) is 0 Å². The van der Waals surface area contributed by atoms with E-state index in [9.17, 15) is 40.5 Å². The fourth-order valence-corrected chi connectivity index (χ4v) is 10.2. The van der Waals surface area contributed by atoms with Crippen LogP contribution in [0.15, 0.2) is 0 Å². The van der Waals surface area contributed by atoms with Crippen molar-refractivity contribution < 1.29 is 50.0 Å². The van der Waals surface area contributed by atoms with E-state index in [0.717, 1.165) is 38.5 Å². The number of ether oxygens (including phenoxy) is 2. The molecule has 0 spiro atoms. The predicted molar refractivity (Wildman–Crippen MR) is 289 cm³/mol. The lowest BCUT2D eigenvalue weighted by molar-refractivity contribution is -0.303. The van der Waals surface area contributed by atoms with Crippen molar-refractivity contribution in [2.45, 2.75) is 358 Å². The summed E-state index contributed by atoms with van der Waals surface area (Å²) in [6.45, 7) is 3.50. The Morgan fingerprint density at radius 1 is 0.443 bits per heavy atom. The monoisotopic (exact) mass is 1000 g/mol. The van der Waals surface area contributed by atoms with E-state index in [0.29, 0.717) is 19.3 Å². The van der Waals surface area contributed by atoms with E-state index in [1.165, 1.54) is 225 Å². The molecule has 70 heavy (non-hydrogen) atoms. The molecule has 9 unspecified atom stereocenters. The minimum absolute atomic E-state index is 0.267. The van der Waals surface area contributed by atoms with Gasteiger partial charge in [0.2, 0.25) is 5.91 Å². The number of rotatable bonds is 53. The molecule has 1 aliphatic heterocycles. The molecule has 0 bridgehead atoms. The van der Waals surface area contributed by atoms with Crippen molar-refractivity contribution >= 4 is 5.91 Å². The zero-order chi connectivity index (χ0) is 51.1. The minimum Gasteiger partial charge on any atom is -0.394 e. The van der Waals surface area contributed by atoms with Crippen LogP contribution in [0.5, 0.6) is 0 Å². The topological polar surface area (TPSA) is 189 Å². The highest BCUT2D eigenvalue weighted by Gasteiger charge is 2.44. The van der Waals surface area contributed by atoms with Gasteiger partial charge in [-0.3, -0.25) is 4.79 Å². The molecule has 9 atom stereocenters. The molecule has 1 fully saturated rings. The second-order valence-corrected chi connectivity index (χ2v) is 21.8. The maximum atomic E-state index is 13.2. The van der Waals surface area contributed by atoms with Crippen molar-refractivity contribution in [2.24, 2.45) is 0 Å². The molecule has 1 heterocycles. The van der Waals surface area contributed by atoms with Crippen LogP contribution in [0.1, 0.15) is 303 Å². The Morgan fingerprint density at radius 3 is 1.06 bits per heavy atom. The number of aliphatic hydroxyl groups is 7. The van der Waals surface area contributed by atoms with Gasteiger partial charge in [0.15, 0.2) is 6.29 Å². The average Bonchev–Trinajstić information content (AvgIpc) is 3.36. The number of unbranched alkanes of at least 4 members (excludes halogenated alkanes) is 41. The van der Waals surface area contributed by atoms with Gasteiger partial charge in [-0.1, -0.05) is 290 Å². The highest BCUT2D eigenvalue weighted by Crippen LogP contribution is 2.24. The number of hydrogen-bond acceptors (Lipinski definition) is 10. The van der Waals surface area contributed by atoms with Crippen molar-refractivity contribution in [1.82, 2.24) is 5.32 Å². The Labute approximate surface area is 430 Å². The molecule has 0 aromatic carbocycles. The summed E-state index contributed by atoms with van der Waals surface area (Å²) in [4.78, 5) is 13.2. The number of aliphatic hydroxyl groups excluding tert-OH is 7. The standard InChI is InChI=1S/C59H117NO10/c1-3-5-7-9-11-13-15-17-19-21-23-24-25-26-27-28-29-31-33-35-37-39-41-43-45-47-52(63)58(68)60-50(49-69-59-57(67)56(66)55(65)53(48-61)70-59)54(64)51(62)46-44-42-40-38-36-34-32-30-22-20-18-16-14-12-10-8-6-4-2/h50-57,59,61-67H,3-49H2,1-2H3,(H,60,68). The lowest BCUT2D eigenvalue weighted by Gasteiger charge is -2.40. The Hall–Kier alpha value is -0.890. The van der Waals surface area contributed by atoms with Gasteiger partial charge in [-0.25, -0.2) is 0 Å². The SMILES string of the molecule is CCCCCCCCCCCCCCCCCCCCCCCCCCCC(O)C(=O)NC(COC1OC(CO)C(O)C(O)C1O)C(O)C(O)CCCCCCCCCCCCCCCCCCCC. The van der Waals surface area contributed by atoms with E-state index in [1.807, 2.05) is 0 Å². The molecule has 0 saturated carbocycles. The highest BCUT2D eigenvalue weighted by atomic mass is 16.7. The number of nitrogens with one attached hydrogen (secondary N) is 1. The maximum absolute atomic E-state index is 13.2. The van der Waals surface area contributed by atoms with E-state index >= 15 is 0 Å². The third kappa shape index (κ3) is 36.9. The molecule has 0 radical (unpaired) electrons. The van der Waals surface area contributed by atoms with E-state index in [2.05, 4.69) is 19.2 Å². The van der Waals surface area contributed by atoms with E-state index in [4.69, 9.17) is 9.47 Å². The molecular formula is C59H117NO10. The Kier molecular flexibility index (Phi) is 47.0. The molecule has 11 heteroatoms. The summed E-state index contributed by atoms with van der Waals surface area (Å²) in [5.74, 6) is -0.689. The zero-order valence-corrected chi connectivity index (χ0v) is 45.8. The number of carbonyl (C=O) groups excluding carboxylic acids is 1. The Morgan fingerprint density at radius 2 is 0.743 bits per heavy atom. The lowest BCUT2D eigenvalue weighted by Crippen LogP contribution is -2.60. The van der Waals surface area contributed by atoms with E-state index in [1.54, 1.807) is 0 Å². The van der Waals surface area contributed by atoms with Crippen molar-refractivity contribution in [1.29, 1.82) is 0 Å². The van der Waals surface area contributed by atoms with E-state index in [-0.39, 0.29) is 6.42 Å². The summed E-state index contributed by atoms with van der Waals surface area (Å²) in [5, 5.41) is 76.2. The van der Waals surface area contributed by atoms with Crippen LogP contribution in [-0.2, 0) is 14.3 Å². The molecule has 1 aliphatic rings. The second kappa shape index (κ2) is 49.0. The minimum atomic E-state index is -1.66. The molecule has 1 amide bonds. The first-order chi connectivity index (χ1) is 34.2. The molecule has 1 rings (SSSR count). The van der Waals surface area contributed by atoms with Crippen LogP contribution >= 0.6 is 0 Å². The van der Waals surface area contributed by atoms with Gasteiger partial charge in [-0.2, -0.15) is 0 Å². The van der Waals surface area contributed by atoms with Crippen molar-refractivity contribution in [3.63, 3.8) is 0 Å². The average molecular weight is 1000 g/mol. The van der Waals surface area contributed by atoms with Crippen LogP contribution in [0.4, 0.5) is 0 Å². The highest BCUT2D eigenvalue weighted by molar-refractivity contribution is 5.80. The number of amides is 1. The number of carbonyl (C=O) groups is 1. The van der Waals surface area contributed by atoms with Gasteiger partial charge < -0.3 is 50.5 Å². The smallest absolute Gasteiger partial charge is 0.249 e. The van der Waals surface area contributed by atoms with E-state index < -0.39 is 74.2 Å². The molecule has 0 aromatic heterocycles. The molecular weight excluding hydrogens is 883 g/mol. The third-order valence-corrected chi connectivity index (χ3v) is 15.2. The number of hydrogen-bond donors (Lipinski definition) is 8. The second-order valence-electron chi connectivity index (χ2n) is 21.8. The molecule has 0 aromatic rings. The van der Waals surface area contributed by atoms with Gasteiger partial charge in [0.25, 0.3) is 0 Å². The predicted octanol–water partition coefficient (Wildman–Crippen LogP) is 13.0. The molecule has 11 nitrogen and oxygen atoms in total. The van der Waals surface area contributed by atoms with Crippen molar-refractivity contribution in [3.05, 3.63) is 0 Å². The fraction of sp³-hybridized carbons (Fsp3) is 0.983. The summed E-state index contributed by atoms with van der Waals surface area (Å²) in [5.41, 5.74) is 0. The Balaban J connectivity index is 2.26. The quantitative estimate of drug-likeness (QED) is 0.0272. The largest absolute Gasteiger partial charge is 0.394 e. The first kappa shape index (κ1) is 67.1. The molecule has 8 N–H and O–H groups in total. The summed E-state index contributed by atoms with van der Waals surface area (Å²) in [6.07, 6.45) is 44.4. The van der Waals surface area contributed by atoms with Crippen molar-refractivity contribution in [2.75, 3.05) is 13.2 Å². The first-order valence-electron chi connectivity index (χ1n) is 30.4. The van der Waals surface area contributed by atoms with Crippen LogP contribution < -0.4 is 5.32 Å². The summed E-state index contributed by atoms with van der Waals surface area (Å²) in [7, 11) is 0. The summed E-state index contributed by atoms with van der Waals surface area (Å²) >= 11 is 0. The molecule has 0 aliphatic carbocycles. The maximum Gasteiger partial charge on any atom is 0.249 e. The van der Waals surface area contributed by atoms with Crippen LogP contribution in [0.2, 0.25) is 0 Å². The van der Waals surface area contributed by atoms with Gasteiger partial charge in [0, 0.05) is 0 Å². The van der Waals surface area contributed by atoms with Crippen LogP contribution in [0, 0.1) is 0 Å². The first-order valence-corrected chi connectivity index (χ1v) is 30.4. The van der Waals surface area contributed by atoms with Crippen LogP contribution in [0.25, 0.3) is 0 Å². The summed E-state index contributed by atoms with van der Waals surface area (Å²) < 4.78 is 11.2. The van der Waals surface area contributed by atoms with Gasteiger partial charge in [0.05, 0.1) is 25.4 Å². The van der Waals surface area contributed by atoms with Gasteiger partial charge in [-0.15, -0.1) is 0 Å². The van der Waals surface area contributed by atoms with Crippen LogP contribution in [-0.4, -0.2) is 110 Å². The molecule has 418 valence electrons. The molecule has 1 saturated heterocycles. The summed E-state index contributed by atoms with van der Waals surface area (Å²) in [6, 6.07) is -1.16. The van der Waals surface area contributed by atoms with Gasteiger partial charge >= 0.3 is 0 Å². The third-order valence-electron chi connectivity index (χ3n) is 15.2. The van der Waals surface area contributed by atoms with Gasteiger partial charge in [-0.05, 0) is 12.8 Å². The normalized spacial score (nSPS) is 20.2. The Bertz CT molecular complexity index is 1100. The zero-order valence-electron chi connectivity index (χ0n) is 45.8.